The highest BCUT2D eigenvalue weighted by Crippen LogP contribution is 2.19. The number of carbonyl (C=O) groups is 2. The summed E-state index contributed by atoms with van der Waals surface area (Å²) in [5.41, 5.74) is -0.220. The van der Waals surface area contributed by atoms with Gasteiger partial charge in [0.1, 0.15) is 6.29 Å². The van der Waals surface area contributed by atoms with E-state index >= 15 is 0 Å². The van der Waals surface area contributed by atoms with Gasteiger partial charge in [0.25, 0.3) is 0 Å². The zero-order chi connectivity index (χ0) is 11.9. The van der Waals surface area contributed by atoms with Gasteiger partial charge in [-0.15, -0.1) is 0 Å². The van der Waals surface area contributed by atoms with Crippen LogP contribution in [0, 0.1) is 11.3 Å². The van der Waals surface area contributed by atoms with Crippen LogP contribution in [-0.4, -0.2) is 18.7 Å². The van der Waals surface area contributed by atoms with Crippen molar-refractivity contribution in [3.8, 4) is 0 Å². The van der Waals surface area contributed by atoms with Crippen molar-refractivity contribution in [3.63, 3.8) is 0 Å². The number of hydrogen-bond donors (Lipinski definition) is 1. The van der Waals surface area contributed by atoms with Gasteiger partial charge in [0.05, 0.1) is 0 Å². The third-order valence-corrected chi connectivity index (χ3v) is 2.39. The normalized spacial score (nSPS) is 11.5. The Balaban J connectivity index is 3.48. The third kappa shape index (κ3) is 7.11. The number of aldehydes is 1. The zero-order valence-corrected chi connectivity index (χ0v) is 10.3. The van der Waals surface area contributed by atoms with E-state index in [4.69, 9.17) is 0 Å². The van der Waals surface area contributed by atoms with Gasteiger partial charge in [-0.3, -0.25) is 4.79 Å². The molecule has 0 bridgehead atoms. The Morgan fingerprint density at radius 1 is 1.33 bits per heavy atom. The molecule has 0 aromatic carbocycles. The van der Waals surface area contributed by atoms with Crippen LogP contribution in [0.25, 0.3) is 0 Å². The van der Waals surface area contributed by atoms with Crippen molar-refractivity contribution in [2.75, 3.05) is 6.54 Å². The predicted molar refractivity (Wildman–Crippen MR) is 61.5 cm³/mol. The van der Waals surface area contributed by atoms with Crippen molar-refractivity contribution in [1.29, 1.82) is 0 Å². The predicted octanol–water partition coefficient (Wildman–Crippen LogP) is 2.15. The van der Waals surface area contributed by atoms with Crippen LogP contribution < -0.4 is 5.32 Å². The van der Waals surface area contributed by atoms with Crippen LogP contribution in [0.1, 0.15) is 47.0 Å². The van der Waals surface area contributed by atoms with Gasteiger partial charge in [0, 0.05) is 17.9 Å². The number of unbranched alkanes of at least 4 members (excludes halogenated alkanes) is 1. The largest absolute Gasteiger partial charge is 0.356 e. The zero-order valence-electron chi connectivity index (χ0n) is 10.3. The molecule has 0 aromatic heterocycles. The van der Waals surface area contributed by atoms with Crippen molar-refractivity contribution >= 4 is 12.2 Å². The van der Waals surface area contributed by atoms with Crippen molar-refractivity contribution < 1.29 is 9.59 Å². The summed E-state index contributed by atoms with van der Waals surface area (Å²) >= 11 is 0. The van der Waals surface area contributed by atoms with Gasteiger partial charge in [-0.1, -0.05) is 34.1 Å². The molecule has 0 aliphatic carbocycles. The Labute approximate surface area is 92.6 Å². The van der Waals surface area contributed by atoms with E-state index in [0.29, 0.717) is 6.54 Å². The monoisotopic (exact) mass is 213 g/mol. The number of amides is 1. The fraction of sp³-hybridized carbons (Fsp3) is 0.833. The van der Waals surface area contributed by atoms with Crippen molar-refractivity contribution in [2.45, 2.75) is 47.0 Å². The Morgan fingerprint density at radius 2 is 1.93 bits per heavy atom. The molecule has 88 valence electrons. The summed E-state index contributed by atoms with van der Waals surface area (Å²) < 4.78 is 0. The number of rotatable bonds is 7. The lowest BCUT2D eigenvalue weighted by molar-refractivity contribution is -0.124. The van der Waals surface area contributed by atoms with Gasteiger partial charge in [-0.2, -0.15) is 0 Å². The minimum Gasteiger partial charge on any atom is -0.356 e. The quantitative estimate of drug-likeness (QED) is 0.520. The van der Waals surface area contributed by atoms with Crippen LogP contribution in [0.3, 0.4) is 0 Å². The number of carbonyl (C=O) groups excluding carboxylic acids is 2. The molecule has 15 heavy (non-hydrogen) atoms. The molecule has 0 radical (unpaired) electrons. The van der Waals surface area contributed by atoms with Crippen LogP contribution in [-0.2, 0) is 9.59 Å². The molecule has 3 heteroatoms. The molecule has 0 aliphatic rings. The highest BCUT2D eigenvalue weighted by Gasteiger charge is 2.15. The molecule has 0 saturated heterocycles. The average Bonchev–Trinajstić information content (AvgIpc) is 2.16. The first-order valence-corrected chi connectivity index (χ1v) is 5.63. The minimum atomic E-state index is -0.220. The molecule has 0 unspecified atom stereocenters. The molecule has 0 aliphatic heterocycles. The number of hydrogen-bond acceptors (Lipinski definition) is 2. The molecule has 0 aromatic rings. The Kier molecular flexibility index (Phi) is 6.21. The molecule has 1 amide bonds. The Morgan fingerprint density at radius 3 is 2.40 bits per heavy atom. The van der Waals surface area contributed by atoms with E-state index in [2.05, 4.69) is 5.32 Å². The topological polar surface area (TPSA) is 46.2 Å². The Bertz CT molecular complexity index is 210. The van der Waals surface area contributed by atoms with E-state index in [-0.39, 0.29) is 17.2 Å². The summed E-state index contributed by atoms with van der Waals surface area (Å²) in [5, 5.41) is 2.86. The minimum absolute atomic E-state index is 0.0522. The molecular formula is C12H23NO2. The summed E-state index contributed by atoms with van der Waals surface area (Å²) in [6, 6.07) is 0. The van der Waals surface area contributed by atoms with Gasteiger partial charge in [-0.05, 0) is 12.8 Å². The van der Waals surface area contributed by atoms with Crippen LogP contribution in [0.5, 0.6) is 0 Å². The lowest BCUT2D eigenvalue weighted by Crippen LogP contribution is -2.28. The summed E-state index contributed by atoms with van der Waals surface area (Å²) in [6.07, 6.45) is 3.80. The molecule has 1 N–H and O–H groups in total. The van der Waals surface area contributed by atoms with Crippen LogP contribution >= 0.6 is 0 Å². The molecule has 3 nitrogen and oxygen atoms in total. The van der Waals surface area contributed by atoms with Gasteiger partial charge >= 0.3 is 0 Å². The van der Waals surface area contributed by atoms with E-state index in [1.807, 2.05) is 27.7 Å². The van der Waals surface area contributed by atoms with Crippen molar-refractivity contribution in [2.24, 2.45) is 11.3 Å². The summed E-state index contributed by atoms with van der Waals surface area (Å²) in [6.45, 7) is 8.35. The molecule has 0 saturated carbocycles. The van der Waals surface area contributed by atoms with Gasteiger partial charge in [-0.25, -0.2) is 0 Å². The second kappa shape index (κ2) is 6.59. The highest BCUT2D eigenvalue weighted by atomic mass is 16.1. The second-order valence-corrected chi connectivity index (χ2v) is 5.01. The summed E-state index contributed by atoms with van der Waals surface area (Å²) in [7, 11) is 0. The van der Waals surface area contributed by atoms with E-state index in [1.54, 1.807) is 0 Å². The lowest BCUT2D eigenvalue weighted by atomic mass is 9.89. The maximum atomic E-state index is 11.2. The molecule has 0 atom stereocenters. The lowest BCUT2D eigenvalue weighted by Gasteiger charge is -2.16. The fourth-order valence-corrected chi connectivity index (χ4v) is 1.18. The van der Waals surface area contributed by atoms with Gasteiger partial charge < -0.3 is 10.1 Å². The van der Waals surface area contributed by atoms with Crippen molar-refractivity contribution in [3.05, 3.63) is 0 Å². The van der Waals surface area contributed by atoms with E-state index < -0.39 is 0 Å². The summed E-state index contributed by atoms with van der Waals surface area (Å²) in [5.74, 6) is 0.154. The maximum absolute atomic E-state index is 11.2. The average molecular weight is 213 g/mol. The summed E-state index contributed by atoms with van der Waals surface area (Å²) in [4.78, 5) is 21.8. The van der Waals surface area contributed by atoms with Crippen LogP contribution in [0.2, 0.25) is 0 Å². The molecule has 0 spiro atoms. The Hall–Kier alpha value is -0.860. The molecule has 0 rings (SSSR count). The number of nitrogens with one attached hydrogen (secondary N) is 1. The van der Waals surface area contributed by atoms with Crippen LogP contribution in [0.4, 0.5) is 0 Å². The smallest absolute Gasteiger partial charge is 0.222 e. The second-order valence-electron chi connectivity index (χ2n) is 5.01. The van der Waals surface area contributed by atoms with Gasteiger partial charge in [0.15, 0.2) is 0 Å². The van der Waals surface area contributed by atoms with E-state index in [9.17, 15) is 9.59 Å². The molecule has 0 fully saturated rings. The first-order valence-electron chi connectivity index (χ1n) is 5.63. The van der Waals surface area contributed by atoms with Crippen LogP contribution in [0.15, 0.2) is 0 Å². The van der Waals surface area contributed by atoms with Crippen molar-refractivity contribution in [1.82, 2.24) is 5.32 Å². The fourth-order valence-electron chi connectivity index (χ4n) is 1.18. The molecular weight excluding hydrogens is 190 g/mol. The third-order valence-electron chi connectivity index (χ3n) is 2.39. The highest BCUT2D eigenvalue weighted by molar-refractivity contribution is 5.77. The first-order chi connectivity index (χ1) is 6.89. The van der Waals surface area contributed by atoms with Gasteiger partial charge in [0.2, 0.25) is 5.91 Å². The van der Waals surface area contributed by atoms with E-state index in [1.165, 1.54) is 0 Å². The first kappa shape index (κ1) is 14.1. The standard InChI is InChI=1S/C12H23NO2/c1-10(2)11(15)13-8-6-5-7-12(3,4)9-14/h9-10H,5-8H2,1-4H3,(H,13,15). The maximum Gasteiger partial charge on any atom is 0.222 e. The SMILES string of the molecule is CC(C)C(=O)NCCCCC(C)(C)C=O. The van der Waals surface area contributed by atoms with E-state index in [0.717, 1.165) is 25.5 Å². The molecule has 0 heterocycles.